The summed E-state index contributed by atoms with van der Waals surface area (Å²) >= 11 is 1.18. The van der Waals surface area contributed by atoms with Gasteiger partial charge in [0, 0.05) is 13.1 Å². The van der Waals surface area contributed by atoms with Crippen molar-refractivity contribution < 1.29 is 4.79 Å². The third kappa shape index (κ3) is 6.02. The summed E-state index contributed by atoms with van der Waals surface area (Å²) in [6.07, 6.45) is 4.14. The van der Waals surface area contributed by atoms with E-state index in [-0.39, 0.29) is 10.5 Å². The second-order valence-electron chi connectivity index (χ2n) is 3.67. The van der Waals surface area contributed by atoms with Gasteiger partial charge in [0.1, 0.15) is 5.25 Å². The van der Waals surface area contributed by atoms with E-state index >= 15 is 0 Å². The molecule has 1 atom stereocenters. The van der Waals surface area contributed by atoms with Crippen molar-refractivity contribution in [3.63, 3.8) is 0 Å². The first-order valence-electron chi connectivity index (χ1n) is 6.04. The summed E-state index contributed by atoms with van der Waals surface area (Å²) in [6.45, 7) is 7.49. The highest BCUT2D eigenvalue weighted by Gasteiger charge is 2.17. The first-order valence-corrected chi connectivity index (χ1v) is 6.92. The first-order chi connectivity index (χ1) is 7.69. The van der Waals surface area contributed by atoms with E-state index in [9.17, 15) is 4.79 Å². The minimum atomic E-state index is -0.181. The van der Waals surface area contributed by atoms with Crippen LogP contribution in [0.3, 0.4) is 0 Å². The Kier molecular flexibility index (Phi) is 9.12. The van der Waals surface area contributed by atoms with Gasteiger partial charge < -0.3 is 4.90 Å². The van der Waals surface area contributed by atoms with Crippen LogP contribution in [0.5, 0.6) is 0 Å². The Labute approximate surface area is 103 Å². The molecule has 0 N–H and O–H groups in total. The van der Waals surface area contributed by atoms with Crippen LogP contribution in [-0.4, -0.2) is 28.5 Å². The van der Waals surface area contributed by atoms with Crippen LogP contribution in [0, 0.1) is 11.3 Å². The maximum atomic E-state index is 11.7. The summed E-state index contributed by atoms with van der Waals surface area (Å²) in [5.74, 6) is 0. The lowest BCUT2D eigenvalue weighted by Crippen LogP contribution is -2.28. The molecule has 0 radical (unpaired) electrons. The molecule has 3 nitrogen and oxygen atoms in total. The van der Waals surface area contributed by atoms with Crippen LogP contribution in [0.25, 0.3) is 0 Å². The normalized spacial score (nSPS) is 11.9. The fraction of sp³-hybridized carbons (Fsp3) is 0.833. The predicted molar refractivity (Wildman–Crippen MR) is 69.5 cm³/mol. The number of hydrogen-bond acceptors (Lipinski definition) is 3. The van der Waals surface area contributed by atoms with Crippen LogP contribution in [0.4, 0.5) is 4.79 Å². The zero-order chi connectivity index (χ0) is 12.4. The van der Waals surface area contributed by atoms with Gasteiger partial charge in [0.25, 0.3) is 5.24 Å². The van der Waals surface area contributed by atoms with Crippen LogP contribution >= 0.6 is 11.8 Å². The quantitative estimate of drug-likeness (QED) is 0.640. The van der Waals surface area contributed by atoms with Crippen molar-refractivity contribution >= 4 is 17.0 Å². The van der Waals surface area contributed by atoms with Crippen molar-refractivity contribution in [2.24, 2.45) is 0 Å². The summed E-state index contributed by atoms with van der Waals surface area (Å²) in [5.41, 5.74) is 0. The zero-order valence-electron chi connectivity index (χ0n) is 10.5. The smallest absolute Gasteiger partial charge is 0.282 e. The molecule has 0 aromatic rings. The third-order valence-corrected chi connectivity index (χ3v) is 3.56. The summed E-state index contributed by atoms with van der Waals surface area (Å²) in [6, 6.07) is 2.21. The fourth-order valence-electron chi connectivity index (χ4n) is 1.41. The largest absolute Gasteiger partial charge is 0.334 e. The maximum Gasteiger partial charge on any atom is 0.282 e. The molecular formula is C12H22N2OS. The topological polar surface area (TPSA) is 44.1 Å². The van der Waals surface area contributed by atoms with Gasteiger partial charge in [-0.2, -0.15) is 5.26 Å². The average Bonchev–Trinajstić information content (AvgIpc) is 2.29. The minimum absolute atomic E-state index is 0.0352. The number of carbonyl (C=O) groups excluding carboxylic acids is 1. The van der Waals surface area contributed by atoms with E-state index in [1.807, 2.05) is 13.8 Å². The van der Waals surface area contributed by atoms with Crippen LogP contribution in [-0.2, 0) is 0 Å². The number of amides is 1. The Morgan fingerprint density at radius 2 is 1.94 bits per heavy atom. The van der Waals surface area contributed by atoms with Crippen molar-refractivity contribution in [3.8, 4) is 6.07 Å². The molecule has 0 aromatic carbocycles. The second kappa shape index (κ2) is 9.53. The summed E-state index contributed by atoms with van der Waals surface area (Å²) in [7, 11) is 0. The SMILES string of the molecule is CCCCCC(C#N)SC(=O)N(CC)CC. The lowest BCUT2D eigenvalue weighted by atomic mass is 10.2. The van der Waals surface area contributed by atoms with Crippen LogP contribution in [0.15, 0.2) is 0 Å². The molecule has 0 aliphatic rings. The van der Waals surface area contributed by atoms with Crippen molar-refractivity contribution in [3.05, 3.63) is 0 Å². The molecule has 1 unspecified atom stereocenters. The molecule has 0 saturated carbocycles. The summed E-state index contributed by atoms with van der Waals surface area (Å²) in [5, 5.41) is 8.81. The molecule has 0 aromatic heterocycles. The highest BCUT2D eigenvalue weighted by Crippen LogP contribution is 2.20. The molecule has 0 fully saturated rings. The molecule has 16 heavy (non-hydrogen) atoms. The van der Waals surface area contributed by atoms with Crippen molar-refractivity contribution in [1.29, 1.82) is 5.26 Å². The number of rotatable bonds is 7. The second-order valence-corrected chi connectivity index (χ2v) is 4.82. The van der Waals surface area contributed by atoms with E-state index in [1.165, 1.54) is 11.8 Å². The van der Waals surface area contributed by atoms with E-state index in [1.54, 1.807) is 4.90 Å². The molecule has 0 aliphatic carbocycles. The molecule has 92 valence electrons. The molecular weight excluding hydrogens is 220 g/mol. The maximum absolute atomic E-state index is 11.7. The van der Waals surface area contributed by atoms with E-state index in [4.69, 9.17) is 5.26 Å². The molecule has 0 rings (SSSR count). The van der Waals surface area contributed by atoms with E-state index in [0.29, 0.717) is 0 Å². The van der Waals surface area contributed by atoms with E-state index in [0.717, 1.165) is 38.8 Å². The highest BCUT2D eigenvalue weighted by molar-refractivity contribution is 8.14. The highest BCUT2D eigenvalue weighted by atomic mass is 32.2. The number of hydrogen-bond donors (Lipinski definition) is 0. The monoisotopic (exact) mass is 242 g/mol. The first kappa shape index (κ1) is 15.3. The predicted octanol–water partition coefficient (Wildman–Crippen LogP) is 3.65. The average molecular weight is 242 g/mol. The Balaban J connectivity index is 4.01. The molecule has 1 amide bonds. The standard InChI is InChI=1S/C12H22N2OS/c1-4-7-8-9-11(10-13)16-12(15)14(5-2)6-3/h11H,4-9H2,1-3H3. The van der Waals surface area contributed by atoms with Crippen molar-refractivity contribution in [2.45, 2.75) is 51.7 Å². The van der Waals surface area contributed by atoms with Gasteiger partial charge in [0.2, 0.25) is 0 Å². The lowest BCUT2D eigenvalue weighted by Gasteiger charge is -2.19. The molecule has 0 aliphatic heterocycles. The Morgan fingerprint density at radius 3 is 2.38 bits per heavy atom. The fourth-order valence-corrected chi connectivity index (χ4v) is 2.40. The summed E-state index contributed by atoms with van der Waals surface area (Å²) in [4.78, 5) is 13.5. The Bertz CT molecular complexity index is 234. The van der Waals surface area contributed by atoms with Crippen LogP contribution in [0.1, 0.15) is 46.5 Å². The molecule has 0 bridgehead atoms. The zero-order valence-corrected chi connectivity index (χ0v) is 11.3. The number of nitrogens with zero attached hydrogens (tertiary/aromatic N) is 2. The Hall–Kier alpha value is -0.690. The third-order valence-electron chi connectivity index (χ3n) is 2.48. The van der Waals surface area contributed by atoms with Gasteiger partial charge in [0.15, 0.2) is 0 Å². The van der Waals surface area contributed by atoms with Crippen molar-refractivity contribution in [2.75, 3.05) is 13.1 Å². The van der Waals surface area contributed by atoms with Gasteiger partial charge in [0.05, 0.1) is 6.07 Å². The van der Waals surface area contributed by atoms with Crippen molar-refractivity contribution in [1.82, 2.24) is 4.90 Å². The van der Waals surface area contributed by atoms with E-state index in [2.05, 4.69) is 13.0 Å². The van der Waals surface area contributed by atoms with Crippen LogP contribution < -0.4 is 0 Å². The van der Waals surface area contributed by atoms with Gasteiger partial charge >= 0.3 is 0 Å². The van der Waals surface area contributed by atoms with E-state index < -0.39 is 0 Å². The number of carbonyl (C=O) groups is 1. The molecule has 4 heteroatoms. The van der Waals surface area contributed by atoms with Gasteiger partial charge in [-0.25, -0.2) is 0 Å². The Morgan fingerprint density at radius 1 is 1.31 bits per heavy atom. The van der Waals surface area contributed by atoms with Gasteiger partial charge in [-0.1, -0.05) is 26.2 Å². The summed E-state index contributed by atoms with van der Waals surface area (Å²) < 4.78 is 0. The molecule has 0 spiro atoms. The lowest BCUT2D eigenvalue weighted by molar-refractivity contribution is 0.228. The van der Waals surface area contributed by atoms with Gasteiger partial charge in [-0.05, 0) is 32.0 Å². The number of nitriles is 1. The molecule has 0 heterocycles. The number of unbranched alkanes of at least 4 members (excludes halogenated alkanes) is 2. The van der Waals surface area contributed by atoms with Crippen LogP contribution in [0.2, 0.25) is 0 Å². The van der Waals surface area contributed by atoms with Gasteiger partial charge in [-0.3, -0.25) is 4.79 Å². The molecule has 0 saturated heterocycles. The number of thioether (sulfide) groups is 1. The van der Waals surface area contributed by atoms with Gasteiger partial charge in [-0.15, -0.1) is 0 Å². The minimum Gasteiger partial charge on any atom is -0.334 e.